The fourth-order valence-corrected chi connectivity index (χ4v) is 5.40. The summed E-state index contributed by atoms with van der Waals surface area (Å²) in [4.78, 5) is 12.8. The zero-order valence-electron chi connectivity index (χ0n) is 19.5. The molecule has 1 heterocycles. The van der Waals surface area contributed by atoms with Gasteiger partial charge in [0, 0.05) is 11.5 Å². The first-order valence-corrected chi connectivity index (χ1v) is 13.7. The lowest BCUT2D eigenvalue weighted by molar-refractivity contribution is -0.119. The van der Waals surface area contributed by atoms with Gasteiger partial charge in [-0.1, -0.05) is 42.0 Å². The summed E-state index contributed by atoms with van der Waals surface area (Å²) >= 11 is 1.84. The van der Waals surface area contributed by atoms with Crippen molar-refractivity contribution in [2.45, 2.75) is 24.8 Å². The molecule has 0 spiro atoms. The van der Waals surface area contributed by atoms with Crippen LogP contribution in [0.3, 0.4) is 0 Å². The van der Waals surface area contributed by atoms with Gasteiger partial charge in [0.25, 0.3) is 15.9 Å². The molecule has 0 aromatic heterocycles. The number of thioether (sulfide) groups is 1. The molecule has 1 fully saturated rings. The Hall–Kier alpha value is -3.30. The molecule has 1 aliphatic heterocycles. The molecule has 1 saturated heterocycles. The number of amides is 1. The molecule has 0 bridgehead atoms. The van der Waals surface area contributed by atoms with Crippen molar-refractivity contribution in [2.24, 2.45) is 5.10 Å². The van der Waals surface area contributed by atoms with Crippen LogP contribution >= 0.6 is 11.8 Å². The van der Waals surface area contributed by atoms with E-state index in [1.165, 1.54) is 6.21 Å². The summed E-state index contributed by atoms with van der Waals surface area (Å²) in [5.41, 5.74) is 5.44. The molecule has 3 aromatic rings. The van der Waals surface area contributed by atoms with E-state index in [4.69, 9.17) is 4.74 Å². The van der Waals surface area contributed by atoms with E-state index in [1.807, 2.05) is 55.9 Å². The predicted molar refractivity (Wildman–Crippen MR) is 141 cm³/mol. The summed E-state index contributed by atoms with van der Waals surface area (Å²) in [6.07, 6.45) is 1.74. The van der Waals surface area contributed by atoms with Crippen LogP contribution in [0.1, 0.15) is 16.7 Å². The minimum absolute atomic E-state index is 0.114. The second kappa shape index (κ2) is 11.0. The number of aryl methyl sites for hydroxylation is 2. The van der Waals surface area contributed by atoms with Crippen LogP contribution in [0.2, 0.25) is 0 Å². The number of benzene rings is 3. The number of hydrogen-bond acceptors (Lipinski definition) is 6. The Kier molecular flexibility index (Phi) is 7.77. The van der Waals surface area contributed by atoms with Gasteiger partial charge in [0.05, 0.1) is 16.8 Å². The molecule has 3 aromatic carbocycles. The van der Waals surface area contributed by atoms with Crippen LogP contribution in [0.5, 0.6) is 5.75 Å². The zero-order chi connectivity index (χ0) is 24.8. The Balaban J connectivity index is 1.48. The molecule has 0 unspecified atom stereocenters. The Morgan fingerprint density at radius 3 is 2.49 bits per heavy atom. The van der Waals surface area contributed by atoms with Crippen molar-refractivity contribution in [2.75, 3.05) is 22.4 Å². The Morgan fingerprint density at radius 2 is 1.80 bits per heavy atom. The molecule has 182 valence electrons. The lowest BCUT2D eigenvalue weighted by Crippen LogP contribution is -2.39. The third kappa shape index (κ3) is 6.43. The van der Waals surface area contributed by atoms with Gasteiger partial charge in [-0.2, -0.15) is 16.9 Å². The largest absolute Gasteiger partial charge is 0.489 e. The number of nitrogens with zero attached hydrogens (tertiary/aromatic N) is 2. The maximum atomic E-state index is 13.4. The van der Waals surface area contributed by atoms with Gasteiger partial charge in [0.15, 0.2) is 0 Å². The van der Waals surface area contributed by atoms with Gasteiger partial charge < -0.3 is 4.74 Å². The van der Waals surface area contributed by atoms with Gasteiger partial charge in [0.1, 0.15) is 18.4 Å². The fourth-order valence-electron chi connectivity index (χ4n) is 3.42. The summed E-state index contributed by atoms with van der Waals surface area (Å²) in [6, 6.07) is 21.0. The summed E-state index contributed by atoms with van der Waals surface area (Å²) in [7, 11) is -3.97. The lowest BCUT2D eigenvalue weighted by Gasteiger charge is -2.25. The van der Waals surface area contributed by atoms with Crippen molar-refractivity contribution < 1.29 is 17.9 Å². The number of rotatable bonds is 9. The third-order valence-electron chi connectivity index (χ3n) is 5.36. The second-order valence-electron chi connectivity index (χ2n) is 8.31. The van der Waals surface area contributed by atoms with Gasteiger partial charge in [-0.15, -0.1) is 0 Å². The first kappa shape index (κ1) is 24.8. The first-order chi connectivity index (χ1) is 16.8. The Morgan fingerprint density at radius 1 is 1.06 bits per heavy atom. The second-order valence-corrected chi connectivity index (χ2v) is 11.2. The van der Waals surface area contributed by atoms with E-state index in [2.05, 4.69) is 10.5 Å². The average molecular weight is 510 g/mol. The van der Waals surface area contributed by atoms with Crippen LogP contribution in [0.4, 0.5) is 5.69 Å². The molecule has 9 heteroatoms. The van der Waals surface area contributed by atoms with Gasteiger partial charge in [-0.05, 0) is 61.4 Å². The number of nitrogens with one attached hydrogen (secondary N) is 1. The maximum Gasteiger partial charge on any atom is 0.264 e. The summed E-state index contributed by atoms with van der Waals surface area (Å²) in [6.45, 7) is 3.33. The molecule has 1 aliphatic rings. The summed E-state index contributed by atoms with van der Waals surface area (Å²) < 4.78 is 33.8. The highest BCUT2D eigenvalue weighted by Crippen LogP contribution is 2.25. The SMILES string of the molecule is Cc1ccc(S(=O)(=O)N(CC(=O)N/N=C\c2cccc(OC3CSC3)c2)c2cccc(C)c2)cc1. The average Bonchev–Trinajstić information content (AvgIpc) is 2.80. The zero-order valence-corrected chi connectivity index (χ0v) is 21.2. The normalized spacial score (nSPS) is 13.9. The third-order valence-corrected chi connectivity index (χ3v) is 8.36. The molecule has 1 N–H and O–H groups in total. The number of ether oxygens (including phenoxy) is 1. The molecular formula is C26H27N3O4S2. The molecule has 0 aliphatic carbocycles. The van der Waals surface area contributed by atoms with Crippen molar-refractivity contribution in [1.82, 2.24) is 5.43 Å². The van der Waals surface area contributed by atoms with Crippen molar-refractivity contribution in [3.63, 3.8) is 0 Å². The van der Waals surface area contributed by atoms with E-state index < -0.39 is 22.5 Å². The van der Waals surface area contributed by atoms with E-state index in [-0.39, 0.29) is 11.0 Å². The van der Waals surface area contributed by atoms with Crippen LogP contribution in [-0.4, -0.2) is 44.7 Å². The summed E-state index contributed by atoms with van der Waals surface area (Å²) in [5.74, 6) is 2.16. The van der Waals surface area contributed by atoms with Gasteiger partial charge in [-0.25, -0.2) is 13.8 Å². The van der Waals surface area contributed by atoms with Gasteiger partial charge in [0.2, 0.25) is 0 Å². The van der Waals surface area contributed by atoms with Crippen LogP contribution in [0.25, 0.3) is 0 Å². The van der Waals surface area contributed by atoms with Crippen LogP contribution < -0.4 is 14.5 Å². The van der Waals surface area contributed by atoms with Crippen molar-refractivity contribution in [3.8, 4) is 5.75 Å². The highest BCUT2D eigenvalue weighted by atomic mass is 32.2. The molecule has 0 atom stereocenters. The lowest BCUT2D eigenvalue weighted by atomic mass is 10.2. The number of carbonyl (C=O) groups is 1. The van der Waals surface area contributed by atoms with Crippen LogP contribution in [0, 0.1) is 13.8 Å². The molecule has 4 rings (SSSR count). The van der Waals surface area contributed by atoms with E-state index in [0.717, 1.165) is 38.3 Å². The predicted octanol–water partition coefficient (Wildman–Crippen LogP) is 4.14. The number of carbonyl (C=O) groups excluding carboxylic acids is 1. The highest BCUT2D eigenvalue weighted by Gasteiger charge is 2.27. The number of sulfonamides is 1. The van der Waals surface area contributed by atoms with E-state index in [1.54, 1.807) is 42.5 Å². The minimum Gasteiger partial charge on any atom is -0.489 e. The van der Waals surface area contributed by atoms with Crippen molar-refractivity contribution in [1.29, 1.82) is 0 Å². The number of hydrogen-bond donors (Lipinski definition) is 1. The van der Waals surface area contributed by atoms with Crippen LogP contribution in [-0.2, 0) is 14.8 Å². The van der Waals surface area contributed by atoms with Gasteiger partial charge in [-0.3, -0.25) is 9.10 Å². The quantitative estimate of drug-likeness (QED) is 0.346. The Labute approximate surface area is 210 Å². The van der Waals surface area contributed by atoms with Crippen molar-refractivity contribution >= 4 is 39.6 Å². The molecule has 7 nitrogen and oxygen atoms in total. The van der Waals surface area contributed by atoms with E-state index in [9.17, 15) is 13.2 Å². The number of hydrazone groups is 1. The smallest absolute Gasteiger partial charge is 0.264 e. The van der Waals surface area contributed by atoms with E-state index in [0.29, 0.717) is 5.69 Å². The molecular weight excluding hydrogens is 482 g/mol. The maximum absolute atomic E-state index is 13.4. The van der Waals surface area contributed by atoms with Crippen molar-refractivity contribution in [3.05, 3.63) is 89.5 Å². The molecule has 1 amide bonds. The fraction of sp³-hybridized carbons (Fsp3) is 0.231. The Bertz CT molecular complexity index is 1320. The topological polar surface area (TPSA) is 88.1 Å². The molecule has 0 saturated carbocycles. The van der Waals surface area contributed by atoms with Gasteiger partial charge >= 0.3 is 0 Å². The monoisotopic (exact) mass is 509 g/mol. The van der Waals surface area contributed by atoms with Crippen LogP contribution in [0.15, 0.2) is 82.8 Å². The van der Waals surface area contributed by atoms with E-state index >= 15 is 0 Å². The minimum atomic E-state index is -3.97. The first-order valence-electron chi connectivity index (χ1n) is 11.1. The molecule has 35 heavy (non-hydrogen) atoms. The number of anilines is 1. The molecule has 0 radical (unpaired) electrons. The summed E-state index contributed by atoms with van der Waals surface area (Å²) in [5, 5.41) is 4.02. The highest BCUT2D eigenvalue weighted by molar-refractivity contribution is 8.00. The standard InChI is InChI=1S/C26H27N3O4S2/c1-19-9-11-25(12-10-19)35(31,32)29(22-7-3-5-20(2)13-22)16-26(30)28-27-15-21-6-4-8-23(14-21)33-24-17-34-18-24/h3-15,24H,16-18H2,1-2H3,(H,28,30)/b27-15-.